The molecule has 3 aliphatic rings. The van der Waals surface area contributed by atoms with E-state index in [1.807, 2.05) is 0 Å². The smallest absolute Gasteiger partial charge is 0.270 e. The first kappa shape index (κ1) is 24.0. The van der Waals surface area contributed by atoms with Gasteiger partial charge >= 0.3 is 0 Å². The Morgan fingerprint density at radius 1 is 1.03 bits per heavy atom. The number of carbonyl (C=O) groups excluding carboxylic acids is 3. The molecule has 3 aromatic rings. The van der Waals surface area contributed by atoms with Crippen molar-refractivity contribution in [2.24, 2.45) is 10.8 Å². The van der Waals surface area contributed by atoms with E-state index in [9.17, 15) is 23.2 Å². The number of ketones is 1. The number of nitrogens with zero attached hydrogens (tertiary/aromatic N) is 4. The van der Waals surface area contributed by atoms with Crippen LogP contribution in [-0.2, 0) is 11.3 Å². The van der Waals surface area contributed by atoms with E-state index in [0.29, 0.717) is 12.1 Å². The molecule has 6 rings (SSSR count). The molecule has 2 bridgehead atoms. The molecule has 0 radical (unpaired) electrons. The minimum atomic E-state index is -0.770. The molecule has 3 aliphatic carbocycles. The Balaban J connectivity index is 1.32. The van der Waals surface area contributed by atoms with Crippen LogP contribution in [0.1, 0.15) is 72.0 Å². The SMILES string of the molecule is CC(=O)C12CCC(CNC(=O)c3cc(C(=O)NCc4ccnc(F)c4)nc4c(F)cnn34)(CC1)CC2. The molecular formula is C25H26F2N6O3. The van der Waals surface area contributed by atoms with Crippen LogP contribution in [0.5, 0.6) is 0 Å². The van der Waals surface area contributed by atoms with Gasteiger partial charge in [-0.3, -0.25) is 14.4 Å². The molecule has 188 valence electrons. The number of fused-ring (bicyclic) bond motifs is 4. The molecular weight excluding hydrogens is 470 g/mol. The summed E-state index contributed by atoms with van der Waals surface area (Å²) in [7, 11) is 0. The van der Waals surface area contributed by atoms with Crippen molar-refractivity contribution in [1.29, 1.82) is 0 Å². The summed E-state index contributed by atoms with van der Waals surface area (Å²) in [5, 5.41) is 9.45. The molecule has 0 atom stereocenters. The van der Waals surface area contributed by atoms with E-state index in [-0.39, 0.29) is 40.2 Å². The second-order valence-electron chi connectivity index (χ2n) is 9.94. The van der Waals surface area contributed by atoms with E-state index in [2.05, 4.69) is 25.7 Å². The number of rotatable bonds is 7. The van der Waals surface area contributed by atoms with Crippen molar-refractivity contribution in [3.63, 3.8) is 0 Å². The average Bonchev–Trinajstić information content (AvgIpc) is 3.27. The number of hydrogen-bond acceptors (Lipinski definition) is 6. The standard InChI is InChI=1S/C25H26F2N6O3/c1-15(34)25-6-3-24(4-7-25,5-8-25)14-30-23(36)19-11-18(32-21-17(26)13-31-33(19)21)22(35)29-12-16-2-9-28-20(27)10-16/h2,9-11,13H,3-8,12,14H2,1H3,(H,29,35)(H,30,36). The number of halogens is 2. The zero-order valence-electron chi connectivity index (χ0n) is 19.8. The van der Waals surface area contributed by atoms with Crippen LogP contribution in [0.4, 0.5) is 8.78 Å². The molecule has 0 aromatic carbocycles. The zero-order valence-corrected chi connectivity index (χ0v) is 19.8. The minimum absolute atomic E-state index is 0.00131. The van der Waals surface area contributed by atoms with Gasteiger partial charge in [-0.15, -0.1) is 0 Å². The lowest BCUT2D eigenvalue weighted by Gasteiger charge is -2.52. The zero-order chi connectivity index (χ0) is 25.5. The van der Waals surface area contributed by atoms with E-state index < -0.39 is 23.6 Å². The van der Waals surface area contributed by atoms with Gasteiger partial charge in [0, 0.05) is 30.8 Å². The monoisotopic (exact) mass is 496 g/mol. The maximum Gasteiger partial charge on any atom is 0.270 e. The van der Waals surface area contributed by atoms with Crippen molar-refractivity contribution < 1.29 is 23.2 Å². The number of hydrogen-bond donors (Lipinski definition) is 2. The van der Waals surface area contributed by atoms with Crippen LogP contribution in [0.2, 0.25) is 0 Å². The average molecular weight is 497 g/mol. The predicted molar refractivity (Wildman–Crippen MR) is 124 cm³/mol. The molecule has 0 spiro atoms. The summed E-state index contributed by atoms with van der Waals surface area (Å²) in [5.41, 5.74) is -0.235. The molecule has 3 fully saturated rings. The van der Waals surface area contributed by atoms with Gasteiger partial charge in [-0.25, -0.2) is 18.9 Å². The quantitative estimate of drug-likeness (QED) is 0.486. The summed E-state index contributed by atoms with van der Waals surface area (Å²) >= 11 is 0. The normalized spacial score (nSPS) is 23.0. The van der Waals surface area contributed by atoms with Crippen LogP contribution in [0.3, 0.4) is 0 Å². The number of nitrogens with one attached hydrogen (secondary N) is 2. The van der Waals surface area contributed by atoms with Gasteiger partial charge in [0.25, 0.3) is 11.8 Å². The van der Waals surface area contributed by atoms with Crippen LogP contribution >= 0.6 is 0 Å². The van der Waals surface area contributed by atoms with Gasteiger partial charge in [-0.2, -0.15) is 9.49 Å². The van der Waals surface area contributed by atoms with Crippen LogP contribution in [0, 0.1) is 22.6 Å². The summed E-state index contributed by atoms with van der Waals surface area (Å²) in [6.07, 6.45) is 7.27. The fourth-order valence-electron chi connectivity index (χ4n) is 5.45. The molecule has 0 aliphatic heterocycles. The molecule has 36 heavy (non-hydrogen) atoms. The Labute approximate surface area is 205 Å². The second kappa shape index (κ2) is 9.03. The van der Waals surface area contributed by atoms with E-state index in [1.165, 1.54) is 18.3 Å². The Kier molecular flexibility index (Phi) is 6.01. The van der Waals surface area contributed by atoms with Crippen LogP contribution in [0.25, 0.3) is 5.65 Å². The van der Waals surface area contributed by atoms with Crippen LogP contribution < -0.4 is 10.6 Å². The Morgan fingerprint density at radius 3 is 2.42 bits per heavy atom. The number of amides is 2. The lowest BCUT2D eigenvalue weighted by molar-refractivity contribution is -0.135. The third kappa shape index (κ3) is 4.33. The highest BCUT2D eigenvalue weighted by Gasteiger charge is 2.50. The Morgan fingerprint density at radius 2 is 1.75 bits per heavy atom. The maximum atomic E-state index is 14.3. The molecule has 0 unspecified atom stereocenters. The van der Waals surface area contributed by atoms with Crippen molar-refractivity contribution >= 4 is 23.2 Å². The summed E-state index contributed by atoms with van der Waals surface area (Å²) in [5.74, 6) is -2.35. The lowest BCUT2D eigenvalue weighted by atomic mass is 9.52. The highest BCUT2D eigenvalue weighted by atomic mass is 19.1. The molecule has 2 N–H and O–H groups in total. The summed E-state index contributed by atoms with van der Waals surface area (Å²) < 4.78 is 28.7. The molecule has 3 saturated carbocycles. The van der Waals surface area contributed by atoms with E-state index in [1.54, 1.807) is 13.0 Å². The molecule has 9 nitrogen and oxygen atoms in total. The van der Waals surface area contributed by atoms with Gasteiger partial charge < -0.3 is 10.6 Å². The molecule has 3 aromatic heterocycles. The molecule has 3 heterocycles. The number of aromatic nitrogens is 4. The number of pyridine rings is 1. The van der Waals surface area contributed by atoms with Crippen molar-refractivity contribution in [1.82, 2.24) is 30.2 Å². The van der Waals surface area contributed by atoms with Crippen molar-refractivity contribution in [2.75, 3.05) is 6.54 Å². The van der Waals surface area contributed by atoms with Gasteiger partial charge in [0.2, 0.25) is 5.95 Å². The van der Waals surface area contributed by atoms with Gasteiger partial charge in [0.05, 0.1) is 6.20 Å². The molecule has 0 saturated heterocycles. The summed E-state index contributed by atoms with van der Waals surface area (Å²) in [6, 6.07) is 3.99. The topological polar surface area (TPSA) is 118 Å². The Hall–Kier alpha value is -3.76. The van der Waals surface area contributed by atoms with Gasteiger partial charge in [0.15, 0.2) is 11.5 Å². The maximum absolute atomic E-state index is 14.3. The van der Waals surface area contributed by atoms with E-state index in [0.717, 1.165) is 49.2 Å². The fourth-order valence-corrected chi connectivity index (χ4v) is 5.45. The summed E-state index contributed by atoms with van der Waals surface area (Å²) in [6.45, 7) is 2.09. The first-order valence-corrected chi connectivity index (χ1v) is 11.9. The van der Waals surface area contributed by atoms with Gasteiger partial charge in [-0.1, -0.05) is 0 Å². The first-order valence-electron chi connectivity index (χ1n) is 11.9. The largest absolute Gasteiger partial charge is 0.350 e. The van der Waals surface area contributed by atoms with Crippen LogP contribution in [-0.4, -0.2) is 43.7 Å². The van der Waals surface area contributed by atoms with Gasteiger partial charge in [0.1, 0.15) is 17.2 Å². The molecule has 2 amide bonds. The third-order valence-electron chi connectivity index (χ3n) is 7.91. The van der Waals surface area contributed by atoms with E-state index in [4.69, 9.17) is 0 Å². The Bertz CT molecular complexity index is 1350. The van der Waals surface area contributed by atoms with E-state index >= 15 is 0 Å². The highest BCUT2D eigenvalue weighted by Crippen LogP contribution is 2.56. The predicted octanol–water partition coefficient (Wildman–Crippen LogP) is 2.99. The van der Waals surface area contributed by atoms with Crippen molar-refractivity contribution in [3.05, 3.63) is 59.3 Å². The second-order valence-corrected chi connectivity index (χ2v) is 9.94. The van der Waals surface area contributed by atoms with Crippen molar-refractivity contribution in [3.8, 4) is 0 Å². The summed E-state index contributed by atoms with van der Waals surface area (Å²) in [4.78, 5) is 45.6. The van der Waals surface area contributed by atoms with Crippen molar-refractivity contribution in [2.45, 2.75) is 52.0 Å². The third-order valence-corrected chi connectivity index (χ3v) is 7.91. The van der Waals surface area contributed by atoms with Gasteiger partial charge in [-0.05, 0) is 68.6 Å². The lowest BCUT2D eigenvalue weighted by Crippen LogP contribution is -2.49. The first-order chi connectivity index (χ1) is 17.2. The fraction of sp³-hybridized carbons (Fsp3) is 0.440. The number of Topliss-reactive ketones (excluding diaryl/α,β-unsaturated/α-hetero) is 1. The molecule has 11 heteroatoms. The van der Waals surface area contributed by atoms with Crippen LogP contribution in [0.15, 0.2) is 30.6 Å². The highest BCUT2D eigenvalue weighted by molar-refractivity contribution is 5.98. The minimum Gasteiger partial charge on any atom is -0.350 e. The number of carbonyl (C=O) groups is 3.